The van der Waals surface area contributed by atoms with Crippen molar-refractivity contribution in [2.45, 2.75) is 25.9 Å². The molecule has 274 valence electrons. The van der Waals surface area contributed by atoms with Gasteiger partial charge in [-0.15, -0.1) is 0 Å². The predicted molar refractivity (Wildman–Crippen MR) is 203 cm³/mol. The molecule has 1 atom stereocenters. The van der Waals surface area contributed by atoms with Crippen molar-refractivity contribution >= 4 is 34.2 Å². The molecule has 9 rings (SSSR count). The van der Waals surface area contributed by atoms with Crippen LogP contribution in [-0.2, 0) is 24.8 Å². The molecule has 1 saturated heterocycles. The topological polar surface area (TPSA) is 125 Å². The van der Waals surface area contributed by atoms with Crippen molar-refractivity contribution in [3.8, 4) is 28.5 Å². The maximum atomic E-state index is 15.0. The van der Waals surface area contributed by atoms with Crippen molar-refractivity contribution in [1.29, 1.82) is 0 Å². The fourth-order valence-electron chi connectivity index (χ4n) is 7.86. The van der Waals surface area contributed by atoms with Gasteiger partial charge < -0.3 is 33.8 Å². The van der Waals surface area contributed by atoms with Gasteiger partial charge in [0.15, 0.2) is 11.5 Å². The number of morpholine rings is 1. The van der Waals surface area contributed by atoms with E-state index in [2.05, 4.69) is 33.1 Å². The van der Waals surface area contributed by atoms with Gasteiger partial charge in [-0.2, -0.15) is 0 Å². The minimum absolute atomic E-state index is 0.0536. The standard InChI is InChI=1S/C42H40N6O6/c1-26-34(42(51)48(30-7-9-33(49)10-8-30)31-18-28-11-12-45(2)40(28)43-22-31)19-37(44-26)35-20-38-39(54-25-53-38)21-36(35)41(50)47-23-29-6-4-3-5-27(29)17-32(47)24-46-13-15-52-16-14-46/h3-12,18-22,32,44,49H,13-17,23-25H2,1-2H3/t32-/m0/s1. The lowest BCUT2D eigenvalue weighted by Gasteiger charge is -2.40. The van der Waals surface area contributed by atoms with Gasteiger partial charge in [0.2, 0.25) is 6.79 Å². The summed E-state index contributed by atoms with van der Waals surface area (Å²) >= 11 is 0. The molecule has 2 amide bonds. The number of hydrogen-bond acceptors (Lipinski definition) is 8. The van der Waals surface area contributed by atoms with E-state index in [0.29, 0.717) is 70.7 Å². The first-order chi connectivity index (χ1) is 26.3. The van der Waals surface area contributed by atoms with Gasteiger partial charge in [-0.05, 0) is 79.1 Å². The number of hydrogen-bond donors (Lipinski definition) is 2. The molecule has 0 unspecified atom stereocenters. The summed E-state index contributed by atoms with van der Waals surface area (Å²) in [5, 5.41) is 11.0. The number of aryl methyl sites for hydroxylation is 2. The Morgan fingerprint density at radius 3 is 2.48 bits per heavy atom. The Kier molecular flexibility index (Phi) is 8.55. The first-order valence-corrected chi connectivity index (χ1v) is 18.2. The third-order valence-corrected chi connectivity index (χ3v) is 10.7. The van der Waals surface area contributed by atoms with Crippen LogP contribution in [0.5, 0.6) is 17.2 Å². The van der Waals surface area contributed by atoms with Crippen LogP contribution >= 0.6 is 0 Å². The highest BCUT2D eigenvalue weighted by atomic mass is 16.7. The molecule has 54 heavy (non-hydrogen) atoms. The molecule has 3 aromatic carbocycles. The van der Waals surface area contributed by atoms with Crippen LogP contribution in [-0.4, -0.2) is 86.9 Å². The second kappa shape index (κ2) is 13.7. The maximum absolute atomic E-state index is 15.0. The summed E-state index contributed by atoms with van der Waals surface area (Å²) in [5.41, 5.74) is 7.03. The molecule has 0 bridgehead atoms. The normalized spacial score (nSPS) is 16.8. The molecule has 0 aliphatic carbocycles. The number of fused-ring (bicyclic) bond motifs is 3. The number of aromatic hydroxyl groups is 1. The Bertz CT molecular complexity index is 2390. The number of pyridine rings is 1. The summed E-state index contributed by atoms with van der Waals surface area (Å²) in [6.07, 6.45) is 4.35. The zero-order chi connectivity index (χ0) is 36.9. The summed E-state index contributed by atoms with van der Waals surface area (Å²) in [7, 11) is 1.92. The largest absolute Gasteiger partial charge is 0.508 e. The molecule has 6 heterocycles. The van der Waals surface area contributed by atoms with E-state index in [1.54, 1.807) is 47.5 Å². The summed E-state index contributed by atoms with van der Waals surface area (Å²) in [4.78, 5) is 43.7. The summed E-state index contributed by atoms with van der Waals surface area (Å²) < 4.78 is 19.2. The van der Waals surface area contributed by atoms with Crippen molar-refractivity contribution in [2.24, 2.45) is 7.05 Å². The molecule has 0 spiro atoms. The number of ether oxygens (including phenoxy) is 3. The second-order valence-corrected chi connectivity index (χ2v) is 14.1. The second-order valence-electron chi connectivity index (χ2n) is 14.1. The van der Waals surface area contributed by atoms with Crippen LogP contribution in [0.25, 0.3) is 22.3 Å². The molecular weight excluding hydrogens is 684 g/mol. The zero-order valence-electron chi connectivity index (χ0n) is 30.1. The lowest BCUT2D eigenvalue weighted by atomic mass is 9.92. The summed E-state index contributed by atoms with van der Waals surface area (Å²) in [6, 6.07) is 24.1. The van der Waals surface area contributed by atoms with Crippen LogP contribution in [0.3, 0.4) is 0 Å². The molecule has 2 N–H and O–H groups in total. The fourth-order valence-corrected chi connectivity index (χ4v) is 7.86. The Morgan fingerprint density at radius 1 is 0.926 bits per heavy atom. The van der Waals surface area contributed by atoms with Crippen LogP contribution in [0, 0.1) is 6.92 Å². The monoisotopic (exact) mass is 724 g/mol. The highest BCUT2D eigenvalue weighted by Gasteiger charge is 2.35. The van der Waals surface area contributed by atoms with Gasteiger partial charge in [-0.25, -0.2) is 4.98 Å². The lowest BCUT2D eigenvalue weighted by Crippen LogP contribution is -2.52. The first kappa shape index (κ1) is 33.7. The summed E-state index contributed by atoms with van der Waals surface area (Å²) in [6.45, 7) is 6.12. The van der Waals surface area contributed by atoms with E-state index in [1.165, 1.54) is 5.56 Å². The quantitative estimate of drug-likeness (QED) is 0.200. The average Bonchev–Trinajstić information content (AvgIpc) is 3.93. The molecule has 3 aromatic heterocycles. The van der Waals surface area contributed by atoms with Crippen LogP contribution in [0.15, 0.2) is 91.3 Å². The number of anilines is 2. The number of phenols is 1. The van der Waals surface area contributed by atoms with Crippen LogP contribution in [0.4, 0.5) is 11.4 Å². The van der Waals surface area contributed by atoms with Crippen molar-refractivity contribution in [1.82, 2.24) is 24.3 Å². The van der Waals surface area contributed by atoms with Crippen molar-refractivity contribution in [2.75, 3.05) is 44.5 Å². The first-order valence-electron chi connectivity index (χ1n) is 18.2. The number of aromatic amines is 1. The molecule has 0 saturated carbocycles. The summed E-state index contributed by atoms with van der Waals surface area (Å²) in [5.74, 6) is 0.704. The van der Waals surface area contributed by atoms with E-state index >= 15 is 0 Å². The van der Waals surface area contributed by atoms with Gasteiger partial charge in [0.1, 0.15) is 11.4 Å². The minimum Gasteiger partial charge on any atom is -0.508 e. The predicted octanol–water partition coefficient (Wildman–Crippen LogP) is 6.19. The van der Waals surface area contributed by atoms with Gasteiger partial charge in [-0.3, -0.25) is 19.4 Å². The number of carbonyl (C=O) groups is 2. The van der Waals surface area contributed by atoms with Gasteiger partial charge in [0.05, 0.1) is 36.2 Å². The number of nitrogens with one attached hydrogen (secondary N) is 1. The van der Waals surface area contributed by atoms with Gasteiger partial charge in [0, 0.05) is 73.5 Å². The molecule has 12 heteroatoms. The Hall–Kier alpha value is -6.11. The van der Waals surface area contributed by atoms with E-state index < -0.39 is 0 Å². The van der Waals surface area contributed by atoms with E-state index in [9.17, 15) is 14.7 Å². The number of benzene rings is 3. The molecule has 0 radical (unpaired) electrons. The van der Waals surface area contributed by atoms with Crippen molar-refractivity contribution in [3.05, 3.63) is 119 Å². The number of aromatic nitrogens is 3. The van der Waals surface area contributed by atoms with Crippen LogP contribution in [0.2, 0.25) is 0 Å². The number of H-pyrrole nitrogens is 1. The number of nitrogens with zero attached hydrogens (tertiary/aromatic N) is 5. The molecule has 6 aromatic rings. The third kappa shape index (κ3) is 6.12. The highest BCUT2D eigenvalue weighted by molar-refractivity contribution is 6.13. The van der Waals surface area contributed by atoms with E-state index in [-0.39, 0.29) is 30.4 Å². The Morgan fingerprint density at radius 2 is 1.69 bits per heavy atom. The average molecular weight is 725 g/mol. The minimum atomic E-state index is -0.301. The number of phenolic OH excluding ortho intramolecular Hbond substituents is 1. The molecule has 3 aliphatic rings. The van der Waals surface area contributed by atoms with Crippen LogP contribution in [0.1, 0.15) is 37.5 Å². The third-order valence-electron chi connectivity index (χ3n) is 10.7. The highest BCUT2D eigenvalue weighted by Crippen LogP contribution is 2.41. The molecule has 1 fully saturated rings. The maximum Gasteiger partial charge on any atom is 0.264 e. The number of carbonyl (C=O) groups excluding carboxylic acids is 2. The Balaban J connectivity index is 1.11. The van der Waals surface area contributed by atoms with Gasteiger partial charge >= 0.3 is 0 Å². The zero-order valence-corrected chi connectivity index (χ0v) is 30.1. The SMILES string of the molecule is Cc1[nH]c(-c2cc3c(cc2C(=O)N2Cc4ccccc4C[C@H]2CN2CCOCC2)OCO3)cc1C(=O)N(c1ccc(O)cc1)c1cnc2c(ccn2C)c1. The number of rotatable bonds is 7. The fraction of sp³-hybridized carbons (Fsp3) is 0.262. The van der Waals surface area contributed by atoms with Crippen molar-refractivity contribution < 1.29 is 28.9 Å². The molecule has 3 aliphatic heterocycles. The van der Waals surface area contributed by atoms with Gasteiger partial charge in [-0.1, -0.05) is 24.3 Å². The van der Waals surface area contributed by atoms with Crippen molar-refractivity contribution in [3.63, 3.8) is 0 Å². The van der Waals surface area contributed by atoms with E-state index in [0.717, 1.165) is 42.7 Å². The van der Waals surface area contributed by atoms with Gasteiger partial charge in [0.25, 0.3) is 11.8 Å². The molecular formula is C42H40N6O6. The lowest BCUT2D eigenvalue weighted by molar-refractivity contribution is 0.0193. The van der Waals surface area contributed by atoms with E-state index in [1.807, 2.05) is 53.9 Å². The van der Waals surface area contributed by atoms with E-state index in [4.69, 9.17) is 14.2 Å². The smallest absolute Gasteiger partial charge is 0.264 e. The number of amides is 2. The van der Waals surface area contributed by atoms with Crippen LogP contribution < -0.4 is 14.4 Å². The molecule has 12 nitrogen and oxygen atoms in total. The Labute approximate surface area is 312 Å².